The Kier molecular flexibility index (Phi) is 7.42. The molecule has 0 spiro atoms. The van der Waals surface area contributed by atoms with E-state index in [4.69, 9.17) is 0 Å². The Morgan fingerprint density at radius 1 is 1.00 bits per heavy atom. The third kappa shape index (κ3) is 7.02. The minimum absolute atomic E-state index is 0.0110. The summed E-state index contributed by atoms with van der Waals surface area (Å²) >= 11 is 0. The van der Waals surface area contributed by atoms with Crippen LogP contribution in [0.2, 0.25) is 0 Å². The number of aryl methyl sites for hydroxylation is 2. The summed E-state index contributed by atoms with van der Waals surface area (Å²) in [7, 11) is 0. The predicted octanol–water partition coefficient (Wildman–Crippen LogP) is 4.24. The monoisotopic (exact) mass is 393 g/mol. The zero-order valence-electron chi connectivity index (χ0n) is 17.4. The normalized spacial score (nSPS) is 15.1. The molecule has 2 amide bonds. The molecule has 1 aliphatic rings. The summed E-state index contributed by atoms with van der Waals surface area (Å²) in [5, 5.41) is 5.66. The zero-order chi connectivity index (χ0) is 20.6. The van der Waals surface area contributed by atoms with E-state index in [-0.39, 0.29) is 11.8 Å². The fourth-order valence-electron chi connectivity index (χ4n) is 3.84. The molecule has 1 aliphatic heterocycles. The zero-order valence-corrected chi connectivity index (χ0v) is 17.4. The molecule has 2 aromatic rings. The molecule has 1 heterocycles. The van der Waals surface area contributed by atoms with Crippen LogP contribution in [0.25, 0.3) is 0 Å². The number of nitrogens with one attached hydrogen (secondary N) is 2. The van der Waals surface area contributed by atoms with Crippen molar-refractivity contribution in [3.05, 3.63) is 59.7 Å². The molecule has 0 radical (unpaired) electrons. The molecule has 5 heteroatoms. The third-order valence-electron chi connectivity index (χ3n) is 5.50. The van der Waals surface area contributed by atoms with E-state index in [1.54, 1.807) is 12.1 Å². The van der Waals surface area contributed by atoms with Crippen LogP contribution in [-0.2, 0) is 16.0 Å². The summed E-state index contributed by atoms with van der Waals surface area (Å²) in [6.07, 6.45) is 4.66. The maximum absolute atomic E-state index is 12.4. The summed E-state index contributed by atoms with van der Waals surface area (Å²) < 4.78 is 0. The van der Waals surface area contributed by atoms with Crippen molar-refractivity contribution in [1.82, 2.24) is 4.90 Å². The van der Waals surface area contributed by atoms with Crippen molar-refractivity contribution in [2.75, 3.05) is 30.3 Å². The number of carbonyl (C=O) groups excluding carboxylic acids is 2. The largest absolute Gasteiger partial charge is 0.326 e. The molecule has 0 unspecified atom stereocenters. The van der Waals surface area contributed by atoms with Crippen molar-refractivity contribution in [3.63, 3.8) is 0 Å². The van der Waals surface area contributed by atoms with E-state index in [0.717, 1.165) is 38.3 Å². The predicted molar refractivity (Wildman–Crippen MR) is 118 cm³/mol. The lowest BCUT2D eigenvalue weighted by Crippen LogP contribution is -2.39. The number of amides is 2. The van der Waals surface area contributed by atoms with Gasteiger partial charge in [0.25, 0.3) is 0 Å². The van der Waals surface area contributed by atoms with Gasteiger partial charge in [-0.2, -0.15) is 0 Å². The topological polar surface area (TPSA) is 61.4 Å². The number of carbonyl (C=O) groups is 2. The number of hydrogen-bond acceptors (Lipinski definition) is 3. The number of piperidine rings is 1. The van der Waals surface area contributed by atoms with Crippen LogP contribution in [0.15, 0.2) is 48.5 Å². The Labute approximate surface area is 173 Å². The van der Waals surface area contributed by atoms with Crippen LogP contribution in [0.5, 0.6) is 0 Å². The van der Waals surface area contributed by atoms with Crippen molar-refractivity contribution in [2.45, 2.75) is 39.5 Å². The number of anilines is 2. The molecule has 29 heavy (non-hydrogen) atoms. The Morgan fingerprint density at radius 2 is 1.66 bits per heavy atom. The first kappa shape index (κ1) is 21.1. The van der Waals surface area contributed by atoms with Crippen LogP contribution >= 0.6 is 0 Å². The van der Waals surface area contributed by atoms with E-state index >= 15 is 0 Å². The molecule has 2 N–H and O–H groups in total. The second-order valence-corrected chi connectivity index (χ2v) is 8.05. The van der Waals surface area contributed by atoms with Crippen LogP contribution in [0.3, 0.4) is 0 Å². The molecule has 2 aromatic carbocycles. The van der Waals surface area contributed by atoms with E-state index in [1.807, 2.05) is 12.1 Å². The number of rotatable bonds is 7. The van der Waals surface area contributed by atoms with Gasteiger partial charge in [-0.3, -0.25) is 14.5 Å². The van der Waals surface area contributed by atoms with Gasteiger partial charge < -0.3 is 10.6 Å². The molecule has 0 atom stereocenters. The van der Waals surface area contributed by atoms with Gasteiger partial charge in [0, 0.05) is 18.3 Å². The summed E-state index contributed by atoms with van der Waals surface area (Å²) in [5.74, 6) is 0.603. The molecular formula is C24H31N3O2. The van der Waals surface area contributed by atoms with Gasteiger partial charge in [-0.05, 0) is 75.4 Å². The Bertz CT molecular complexity index is 824. The van der Waals surface area contributed by atoms with Gasteiger partial charge in [0.05, 0.1) is 6.54 Å². The van der Waals surface area contributed by atoms with Crippen molar-refractivity contribution < 1.29 is 9.59 Å². The van der Waals surface area contributed by atoms with E-state index < -0.39 is 0 Å². The van der Waals surface area contributed by atoms with Gasteiger partial charge in [-0.1, -0.05) is 35.9 Å². The first-order valence-corrected chi connectivity index (χ1v) is 10.4. The van der Waals surface area contributed by atoms with E-state index in [1.165, 1.54) is 24.5 Å². The molecule has 154 valence electrons. The SMILES string of the molecule is CC(=O)Nc1cccc(NC(=O)CN2CCC(CCc3ccc(C)cc3)CC2)c1. The molecule has 3 rings (SSSR count). The standard InChI is InChI=1S/C24H31N3O2/c1-18-6-8-20(9-7-18)10-11-21-12-14-27(15-13-21)17-24(29)26-23-5-3-4-22(16-23)25-19(2)28/h3-9,16,21H,10-15,17H2,1-2H3,(H,25,28)(H,26,29). The molecular weight excluding hydrogens is 362 g/mol. The minimum atomic E-state index is -0.126. The van der Waals surface area contributed by atoms with E-state index in [0.29, 0.717) is 17.9 Å². The second-order valence-electron chi connectivity index (χ2n) is 8.05. The Morgan fingerprint density at radius 3 is 2.31 bits per heavy atom. The molecule has 5 nitrogen and oxygen atoms in total. The van der Waals surface area contributed by atoms with E-state index in [2.05, 4.69) is 46.7 Å². The summed E-state index contributed by atoms with van der Waals surface area (Å²) in [4.78, 5) is 25.8. The van der Waals surface area contributed by atoms with Gasteiger partial charge in [0.2, 0.25) is 11.8 Å². The molecule has 0 bridgehead atoms. The lowest BCUT2D eigenvalue weighted by molar-refractivity contribution is -0.117. The van der Waals surface area contributed by atoms with Crippen LogP contribution in [0, 0.1) is 12.8 Å². The van der Waals surface area contributed by atoms with Crippen molar-refractivity contribution in [3.8, 4) is 0 Å². The number of likely N-dealkylation sites (tertiary alicyclic amines) is 1. The van der Waals surface area contributed by atoms with Gasteiger partial charge in [-0.15, -0.1) is 0 Å². The maximum atomic E-state index is 12.4. The number of nitrogens with zero attached hydrogens (tertiary/aromatic N) is 1. The Hall–Kier alpha value is -2.66. The van der Waals surface area contributed by atoms with Gasteiger partial charge in [0.15, 0.2) is 0 Å². The average Bonchev–Trinajstić information content (AvgIpc) is 2.68. The minimum Gasteiger partial charge on any atom is -0.326 e. The Balaban J connectivity index is 1.39. The maximum Gasteiger partial charge on any atom is 0.238 e. The van der Waals surface area contributed by atoms with Crippen molar-refractivity contribution in [1.29, 1.82) is 0 Å². The highest BCUT2D eigenvalue weighted by molar-refractivity contribution is 5.94. The second kappa shape index (κ2) is 10.2. The van der Waals surface area contributed by atoms with Crippen molar-refractivity contribution in [2.24, 2.45) is 5.92 Å². The molecule has 0 aromatic heterocycles. The highest BCUT2D eigenvalue weighted by Crippen LogP contribution is 2.23. The molecule has 1 fully saturated rings. The average molecular weight is 394 g/mol. The summed E-state index contributed by atoms with van der Waals surface area (Å²) in [6, 6.07) is 16.1. The third-order valence-corrected chi connectivity index (χ3v) is 5.50. The molecule has 0 saturated carbocycles. The first-order chi connectivity index (χ1) is 14.0. The van der Waals surface area contributed by atoms with Crippen molar-refractivity contribution >= 4 is 23.2 Å². The van der Waals surface area contributed by atoms with Crippen LogP contribution in [0.4, 0.5) is 11.4 Å². The van der Waals surface area contributed by atoms with Crippen LogP contribution in [-0.4, -0.2) is 36.3 Å². The smallest absolute Gasteiger partial charge is 0.238 e. The summed E-state index contributed by atoms with van der Waals surface area (Å²) in [6.45, 7) is 5.94. The quantitative estimate of drug-likeness (QED) is 0.740. The lowest BCUT2D eigenvalue weighted by Gasteiger charge is -2.31. The lowest BCUT2D eigenvalue weighted by atomic mass is 9.90. The van der Waals surface area contributed by atoms with Gasteiger partial charge >= 0.3 is 0 Å². The van der Waals surface area contributed by atoms with Crippen LogP contribution in [0.1, 0.15) is 37.3 Å². The van der Waals surface area contributed by atoms with E-state index in [9.17, 15) is 9.59 Å². The fourth-order valence-corrected chi connectivity index (χ4v) is 3.84. The number of hydrogen-bond donors (Lipinski definition) is 2. The molecule has 0 aliphatic carbocycles. The van der Waals surface area contributed by atoms with Crippen LogP contribution < -0.4 is 10.6 Å². The first-order valence-electron chi connectivity index (χ1n) is 10.4. The highest BCUT2D eigenvalue weighted by Gasteiger charge is 2.20. The number of benzene rings is 2. The fraction of sp³-hybridized carbons (Fsp3) is 0.417. The highest BCUT2D eigenvalue weighted by atomic mass is 16.2. The molecule has 1 saturated heterocycles. The van der Waals surface area contributed by atoms with Gasteiger partial charge in [-0.25, -0.2) is 0 Å². The summed E-state index contributed by atoms with van der Waals surface area (Å²) in [5.41, 5.74) is 4.11. The van der Waals surface area contributed by atoms with Gasteiger partial charge in [0.1, 0.15) is 0 Å².